The first-order valence-electron chi connectivity index (χ1n) is 30.4. The fraction of sp³-hybridized carbons (Fsp3) is 0.778. The number of aromatic nitrogens is 1. The van der Waals surface area contributed by atoms with Gasteiger partial charge in [-0.15, -0.1) is 11.8 Å². The molecule has 5 fully saturated rings. The van der Waals surface area contributed by atoms with E-state index in [4.69, 9.17) is 70.6 Å². The fourth-order valence-electron chi connectivity index (χ4n) is 14.0. The number of pyridine rings is 1. The first-order chi connectivity index (χ1) is 39.6. The third kappa shape index (κ3) is 15.1. The van der Waals surface area contributed by atoms with E-state index in [0.29, 0.717) is 51.7 Å². The van der Waals surface area contributed by atoms with Crippen molar-refractivity contribution in [1.29, 1.82) is 0 Å². The number of halogens is 2. The number of Topliss-reactive ketones (excluding diaryl/α,β-unsaturated/α-hetero) is 1. The Morgan fingerprint density at radius 3 is 2.15 bits per heavy atom. The molecule has 1 aliphatic carbocycles. The predicted molar refractivity (Wildman–Crippen MR) is 324 cm³/mol. The topological polar surface area (TPSA) is 203 Å². The van der Waals surface area contributed by atoms with E-state index in [9.17, 15) is 15.0 Å². The second-order valence-corrected chi connectivity index (χ2v) is 27.7. The van der Waals surface area contributed by atoms with Crippen LogP contribution in [0.3, 0.4) is 0 Å². The van der Waals surface area contributed by atoms with E-state index < -0.39 is 113 Å². The first kappa shape index (κ1) is 68.4. The summed E-state index contributed by atoms with van der Waals surface area (Å²) in [4.78, 5) is 54.1. The predicted octanol–water partition coefficient (Wildman–Crippen LogP) is 10.1. The second kappa shape index (κ2) is 29.1. The molecule has 1 unspecified atom stereocenters. The Hall–Kier alpha value is -3.05. The van der Waals surface area contributed by atoms with E-state index in [2.05, 4.69) is 28.6 Å². The zero-order valence-electron chi connectivity index (χ0n) is 52.5. The molecule has 21 heteroatoms. The van der Waals surface area contributed by atoms with Crippen LogP contribution in [-0.4, -0.2) is 175 Å². The molecule has 1 aromatic heterocycles. The number of nitrogens with zero attached hydrogens (tertiary/aromatic N) is 3. The molecule has 2 aromatic rings. The Balaban J connectivity index is 1.27. The number of anilines is 1. The van der Waals surface area contributed by atoms with Crippen molar-refractivity contribution in [3.8, 4) is 11.5 Å². The van der Waals surface area contributed by atoms with Gasteiger partial charge in [0.15, 0.2) is 29.7 Å². The minimum Gasteiger partial charge on any atom is -0.493 e. The van der Waals surface area contributed by atoms with E-state index in [1.54, 1.807) is 54.3 Å². The lowest BCUT2D eigenvalue weighted by atomic mass is 9.70. The van der Waals surface area contributed by atoms with Crippen molar-refractivity contribution in [2.45, 2.75) is 231 Å². The Morgan fingerprint density at radius 2 is 1.54 bits per heavy atom. The van der Waals surface area contributed by atoms with Crippen LogP contribution < -0.4 is 14.4 Å². The highest BCUT2D eigenvalue weighted by Crippen LogP contribution is 2.50. The van der Waals surface area contributed by atoms with Crippen LogP contribution in [-0.2, 0) is 58.8 Å². The number of aliphatic hydroxyl groups excluding tert-OH is 2. The van der Waals surface area contributed by atoms with Crippen LogP contribution in [0.1, 0.15) is 140 Å². The lowest BCUT2D eigenvalue weighted by Gasteiger charge is -2.50. The second-order valence-electron chi connectivity index (χ2n) is 25.6. The van der Waals surface area contributed by atoms with Gasteiger partial charge in [0.05, 0.1) is 64.8 Å². The van der Waals surface area contributed by atoms with Gasteiger partial charge in [-0.1, -0.05) is 64.7 Å². The van der Waals surface area contributed by atoms with Crippen LogP contribution in [0.15, 0.2) is 30.6 Å². The number of carbonyl (C=O) groups excluding carboxylic acids is 3. The van der Waals surface area contributed by atoms with Gasteiger partial charge >= 0.3 is 11.9 Å². The summed E-state index contributed by atoms with van der Waals surface area (Å²) in [6.45, 7) is 24.0. The van der Waals surface area contributed by atoms with Gasteiger partial charge in [0.2, 0.25) is 0 Å². The van der Waals surface area contributed by atoms with Crippen molar-refractivity contribution >= 4 is 58.4 Å². The van der Waals surface area contributed by atoms with Crippen molar-refractivity contribution in [1.82, 2.24) is 9.88 Å². The van der Waals surface area contributed by atoms with Gasteiger partial charge in [-0.05, 0) is 112 Å². The number of likely N-dealkylation sites (N-methyl/N-ethyl adjacent to an activating group) is 1. The number of ketones is 1. The van der Waals surface area contributed by atoms with Crippen molar-refractivity contribution in [2.24, 2.45) is 35.5 Å². The van der Waals surface area contributed by atoms with Crippen molar-refractivity contribution in [3.05, 3.63) is 46.2 Å². The van der Waals surface area contributed by atoms with Gasteiger partial charge in [-0.2, -0.15) is 0 Å². The molecule has 84 heavy (non-hydrogen) atoms. The Morgan fingerprint density at radius 1 is 0.869 bits per heavy atom. The first-order valence-corrected chi connectivity index (χ1v) is 32.2. The molecule has 4 saturated heterocycles. The maximum atomic E-state index is 15.6. The summed E-state index contributed by atoms with van der Waals surface area (Å²) in [6.07, 6.45) is -0.0503. The van der Waals surface area contributed by atoms with Gasteiger partial charge < -0.3 is 67.4 Å². The number of carbonyl (C=O) groups is 3. The minimum atomic E-state index is -1.47. The molecule has 4 aliphatic heterocycles. The van der Waals surface area contributed by atoms with Crippen LogP contribution in [0.25, 0.3) is 0 Å². The molecular formula is C63H97Cl2N3O15S. The molecular weight excluding hydrogens is 1140 g/mol. The van der Waals surface area contributed by atoms with E-state index in [-0.39, 0.29) is 49.8 Å². The number of fused-ring (bicyclic) bond motifs is 1. The normalized spacial score (nSPS) is 37.4. The number of benzene rings is 1. The molecule has 1 aromatic carbocycles. The minimum absolute atomic E-state index is 0.0655. The van der Waals surface area contributed by atoms with Gasteiger partial charge in [-0.25, -0.2) is 0 Å². The third-order valence-electron chi connectivity index (χ3n) is 18.9. The van der Waals surface area contributed by atoms with Crippen LogP contribution >= 0.6 is 35.0 Å². The highest BCUT2D eigenvalue weighted by molar-refractivity contribution is 8.00. The monoisotopic (exact) mass is 1240 g/mol. The molecule has 0 amide bonds. The van der Waals surface area contributed by atoms with E-state index in [0.717, 1.165) is 37.9 Å². The third-order valence-corrected chi connectivity index (χ3v) is 20.8. The number of hydrogen-bond acceptors (Lipinski definition) is 19. The van der Waals surface area contributed by atoms with Crippen LogP contribution in [0.2, 0.25) is 10.0 Å². The molecule has 0 spiro atoms. The highest BCUT2D eigenvalue weighted by Gasteiger charge is 2.62. The number of esters is 2. The molecule has 5 heterocycles. The van der Waals surface area contributed by atoms with Crippen molar-refractivity contribution in [3.63, 3.8) is 0 Å². The van der Waals surface area contributed by atoms with Crippen LogP contribution in [0, 0.1) is 35.5 Å². The SMILES string of the molecule is CC[C@H]1OC(=O)[C@H](C)[C@@H](O[C@H]2C[C@@](C)(OC)[C@@H](O)[C@H](C)O2)[C@H](C)[C@@H](O[C@@H]2O[C@H](C)C[C@H](N(C)CC(C)C)[C@H]2O)[C@](C)(OC)C[C@@H](C)C(=O)[C@H](C)[C@H]2C(SCCN(Cc3c(Cl)cncc3Cl)c3ccc(OC)c(OC4CCCC4)c3)C(=O)O[C@@]21C. The Labute approximate surface area is 513 Å². The summed E-state index contributed by atoms with van der Waals surface area (Å²) in [5.41, 5.74) is -2.39. The van der Waals surface area contributed by atoms with Gasteiger partial charge in [0.25, 0.3) is 0 Å². The Bertz CT molecular complexity index is 2510. The van der Waals surface area contributed by atoms with Gasteiger partial charge in [0, 0.05) is 105 Å². The van der Waals surface area contributed by atoms with Crippen molar-refractivity contribution in [2.75, 3.05) is 52.1 Å². The molecule has 2 N–H and O–H groups in total. The number of hydrogen-bond donors (Lipinski definition) is 2. The Kier molecular flexibility index (Phi) is 23.7. The summed E-state index contributed by atoms with van der Waals surface area (Å²) >= 11 is 14.9. The smallest absolute Gasteiger partial charge is 0.320 e. The molecule has 5 aliphatic rings. The molecule has 1 saturated carbocycles. The van der Waals surface area contributed by atoms with Gasteiger partial charge in [-0.3, -0.25) is 19.4 Å². The van der Waals surface area contributed by atoms with Crippen LogP contribution in [0.4, 0.5) is 5.69 Å². The number of rotatable bonds is 20. The van der Waals surface area contributed by atoms with Gasteiger partial charge in [0.1, 0.15) is 29.3 Å². The van der Waals surface area contributed by atoms with E-state index >= 15 is 9.59 Å². The highest BCUT2D eigenvalue weighted by atomic mass is 35.5. The molecule has 474 valence electrons. The van der Waals surface area contributed by atoms with E-state index in [1.165, 1.54) is 18.9 Å². The summed E-state index contributed by atoms with van der Waals surface area (Å²) < 4.78 is 65.1. The standard InChI is InChI=1S/C63H97Cl2N3O15S/c1-17-49-63(12)51(55(59(73)83-63)84-25-24-68(33-43-44(64)30-66-31-45(43)65)41-22-23-47(74-14)48(27-41)79-42-20-18-19-21-42)37(6)52(69)35(4)28-62(11,76-16)57(82-60-53(70)46(26-36(5)77-60)67(13)32-34(2)3)38(7)54(39(8)58(72)80-49)81-50-29-61(10,75-15)56(71)40(9)78-50/h22-23,27,30-31,34-40,42,46,49-51,53-57,60,70-71H,17-21,24-26,28-29,32-33H2,1-16H3/t35-,36-,37-,38+,39-,40+,46+,49-,50+,51+,53-,54+,55?,56+,57-,60+,61-,62-,63-/m1/s1. The zero-order chi connectivity index (χ0) is 61.7. The molecule has 7 rings (SSSR count). The lowest BCUT2D eigenvalue weighted by molar-refractivity contribution is -0.319. The number of ether oxygens (including phenoxy) is 10. The summed E-state index contributed by atoms with van der Waals surface area (Å²) in [7, 11) is 6.69. The maximum Gasteiger partial charge on any atom is 0.320 e. The number of methoxy groups -OCH3 is 3. The van der Waals surface area contributed by atoms with Crippen LogP contribution in [0.5, 0.6) is 11.5 Å². The largest absolute Gasteiger partial charge is 0.493 e. The van der Waals surface area contributed by atoms with Crippen molar-refractivity contribution < 1.29 is 72.0 Å². The number of aliphatic hydroxyl groups is 2. The summed E-state index contributed by atoms with van der Waals surface area (Å²) in [5, 5.41) is 23.5. The summed E-state index contributed by atoms with van der Waals surface area (Å²) in [6, 6.07) is 5.48. The average molecular weight is 1240 g/mol. The maximum absolute atomic E-state index is 15.6. The summed E-state index contributed by atoms with van der Waals surface area (Å²) in [5.74, 6) is -3.51. The lowest BCUT2D eigenvalue weighted by Crippen LogP contribution is -2.61. The molecule has 19 atom stereocenters. The van der Waals surface area contributed by atoms with E-state index in [1.807, 2.05) is 66.8 Å². The quantitative estimate of drug-likeness (QED) is 0.118. The molecule has 18 nitrogen and oxygen atoms in total. The molecule has 0 bridgehead atoms. The fourth-order valence-corrected chi connectivity index (χ4v) is 16.0. The average Bonchev–Trinajstić information content (AvgIpc) is 1.95. The zero-order valence-corrected chi connectivity index (χ0v) is 54.8. The molecule has 0 radical (unpaired) electrons. The number of thioether (sulfide) groups is 1. The number of cyclic esters (lactones) is 1.